The summed E-state index contributed by atoms with van der Waals surface area (Å²) in [5.74, 6) is 1.83. The van der Waals surface area contributed by atoms with E-state index in [1.807, 2.05) is 30.3 Å². The summed E-state index contributed by atoms with van der Waals surface area (Å²) in [6, 6.07) is 11.9. The molecule has 0 fully saturated rings. The fourth-order valence-electron chi connectivity index (χ4n) is 1.76. The summed E-state index contributed by atoms with van der Waals surface area (Å²) < 4.78 is 10.9. The highest BCUT2D eigenvalue weighted by Crippen LogP contribution is 2.13. The molecule has 0 bridgehead atoms. The molecule has 4 nitrogen and oxygen atoms in total. The maximum Gasteiger partial charge on any atom is 0.119 e. The lowest BCUT2D eigenvalue weighted by Crippen LogP contribution is -2.12. The molecule has 2 rings (SSSR count). The van der Waals surface area contributed by atoms with Gasteiger partial charge in [0.15, 0.2) is 0 Å². The molecule has 1 aromatic heterocycles. The lowest BCUT2D eigenvalue weighted by atomic mass is 10.2. The monoisotopic (exact) mass is 260 g/mol. The van der Waals surface area contributed by atoms with Gasteiger partial charge in [-0.05, 0) is 42.8 Å². The van der Waals surface area contributed by atoms with Gasteiger partial charge in [0.25, 0.3) is 0 Å². The number of furan rings is 1. The summed E-state index contributed by atoms with van der Waals surface area (Å²) >= 11 is 0. The highest BCUT2D eigenvalue weighted by Gasteiger charge is 1.98. The Morgan fingerprint density at radius 3 is 2.89 bits per heavy atom. The molecule has 0 saturated heterocycles. The largest absolute Gasteiger partial charge is 0.494 e. The van der Waals surface area contributed by atoms with Crippen LogP contribution in [0.3, 0.4) is 0 Å². The number of nitrogens with two attached hydrogens (primary N) is 1. The van der Waals surface area contributed by atoms with Crippen LogP contribution >= 0.6 is 0 Å². The van der Waals surface area contributed by atoms with Crippen LogP contribution in [0.2, 0.25) is 0 Å². The number of benzene rings is 1. The van der Waals surface area contributed by atoms with Crippen LogP contribution in [-0.2, 0) is 13.1 Å². The van der Waals surface area contributed by atoms with Crippen LogP contribution in [0.25, 0.3) is 0 Å². The highest BCUT2D eigenvalue weighted by molar-refractivity contribution is 5.28. The Kier molecular flexibility index (Phi) is 5.47. The molecule has 0 atom stereocenters. The van der Waals surface area contributed by atoms with Crippen LogP contribution in [0.4, 0.5) is 0 Å². The van der Waals surface area contributed by atoms with Crippen molar-refractivity contribution in [1.29, 1.82) is 0 Å². The second-order valence-corrected chi connectivity index (χ2v) is 4.32. The van der Waals surface area contributed by atoms with Gasteiger partial charge in [0.05, 0.1) is 19.4 Å². The van der Waals surface area contributed by atoms with Crippen molar-refractivity contribution in [3.63, 3.8) is 0 Å². The van der Waals surface area contributed by atoms with Crippen molar-refractivity contribution < 1.29 is 9.15 Å². The third-order valence-electron chi connectivity index (χ3n) is 2.72. The SMILES string of the molecule is NCCCOc1cccc(CNCc2ccco2)c1. The molecule has 0 unspecified atom stereocenters. The first-order chi connectivity index (χ1) is 9.38. The van der Waals surface area contributed by atoms with Crippen LogP contribution in [0.1, 0.15) is 17.7 Å². The summed E-state index contributed by atoms with van der Waals surface area (Å²) in [7, 11) is 0. The van der Waals surface area contributed by atoms with Gasteiger partial charge in [-0.15, -0.1) is 0 Å². The third-order valence-corrected chi connectivity index (χ3v) is 2.72. The lowest BCUT2D eigenvalue weighted by Gasteiger charge is -2.08. The molecule has 0 aliphatic carbocycles. The molecule has 1 heterocycles. The molecule has 1 aromatic carbocycles. The summed E-state index contributed by atoms with van der Waals surface area (Å²) in [6.07, 6.45) is 2.56. The fourth-order valence-corrected chi connectivity index (χ4v) is 1.76. The average Bonchev–Trinajstić information content (AvgIpc) is 2.93. The Labute approximate surface area is 113 Å². The van der Waals surface area contributed by atoms with Gasteiger partial charge in [-0.2, -0.15) is 0 Å². The molecule has 0 aliphatic heterocycles. The van der Waals surface area contributed by atoms with Crippen LogP contribution < -0.4 is 15.8 Å². The lowest BCUT2D eigenvalue weighted by molar-refractivity contribution is 0.313. The highest BCUT2D eigenvalue weighted by atomic mass is 16.5. The predicted octanol–water partition coefficient (Wildman–Crippen LogP) is 2.30. The third kappa shape index (κ3) is 4.77. The molecule has 3 N–H and O–H groups in total. The summed E-state index contributed by atoms with van der Waals surface area (Å²) in [5.41, 5.74) is 6.63. The Balaban J connectivity index is 1.78. The zero-order valence-corrected chi connectivity index (χ0v) is 11.0. The molecule has 0 saturated carbocycles. The minimum atomic E-state index is 0.657. The first kappa shape index (κ1) is 13.6. The van der Waals surface area contributed by atoms with Gasteiger partial charge in [-0.1, -0.05) is 12.1 Å². The summed E-state index contributed by atoms with van der Waals surface area (Å²) in [4.78, 5) is 0. The van der Waals surface area contributed by atoms with Gasteiger partial charge in [-0.25, -0.2) is 0 Å². The smallest absolute Gasteiger partial charge is 0.119 e. The molecule has 19 heavy (non-hydrogen) atoms. The number of ether oxygens (including phenoxy) is 1. The van der Waals surface area contributed by atoms with E-state index >= 15 is 0 Å². The van der Waals surface area contributed by atoms with E-state index in [1.165, 1.54) is 5.56 Å². The Morgan fingerprint density at radius 2 is 2.11 bits per heavy atom. The van der Waals surface area contributed by atoms with E-state index in [1.54, 1.807) is 6.26 Å². The number of rotatable bonds is 8. The van der Waals surface area contributed by atoms with Gasteiger partial charge < -0.3 is 20.2 Å². The van der Waals surface area contributed by atoms with E-state index in [9.17, 15) is 0 Å². The molecule has 0 amide bonds. The predicted molar refractivity (Wildman–Crippen MR) is 74.9 cm³/mol. The Hall–Kier alpha value is -1.78. The second-order valence-electron chi connectivity index (χ2n) is 4.32. The topological polar surface area (TPSA) is 60.4 Å². The van der Waals surface area contributed by atoms with Crippen LogP contribution in [0.5, 0.6) is 5.75 Å². The van der Waals surface area contributed by atoms with Crippen molar-refractivity contribution in [2.75, 3.05) is 13.2 Å². The van der Waals surface area contributed by atoms with Crippen molar-refractivity contribution in [3.05, 3.63) is 54.0 Å². The van der Waals surface area contributed by atoms with E-state index in [-0.39, 0.29) is 0 Å². The van der Waals surface area contributed by atoms with Crippen LogP contribution in [-0.4, -0.2) is 13.2 Å². The van der Waals surface area contributed by atoms with E-state index in [4.69, 9.17) is 14.9 Å². The van der Waals surface area contributed by atoms with Gasteiger partial charge >= 0.3 is 0 Å². The van der Waals surface area contributed by atoms with Crippen molar-refractivity contribution in [3.8, 4) is 5.75 Å². The molecule has 0 aliphatic rings. The van der Waals surface area contributed by atoms with Crippen LogP contribution in [0.15, 0.2) is 47.1 Å². The maximum absolute atomic E-state index is 5.61. The minimum absolute atomic E-state index is 0.657. The second kappa shape index (κ2) is 7.61. The van der Waals surface area contributed by atoms with Crippen molar-refractivity contribution in [2.24, 2.45) is 5.73 Å². The molecule has 2 aromatic rings. The quantitative estimate of drug-likeness (QED) is 0.715. The van der Waals surface area contributed by atoms with Crippen LogP contribution in [0, 0.1) is 0 Å². The van der Waals surface area contributed by atoms with E-state index in [0.29, 0.717) is 13.2 Å². The molecular weight excluding hydrogens is 240 g/mol. The number of nitrogens with one attached hydrogen (secondary N) is 1. The normalized spacial score (nSPS) is 10.6. The van der Waals surface area contributed by atoms with Gasteiger partial charge in [0.1, 0.15) is 11.5 Å². The molecule has 4 heteroatoms. The van der Waals surface area contributed by atoms with E-state index in [2.05, 4.69) is 11.4 Å². The summed E-state index contributed by atoms with van der Waals surface area (Å²) in [5, 5.41) is 3.33. The molecule has 0 spiro atoms. The zero-order chi connectivity index (χ0) is 13.3. The maximum atomic E-state index is 5.61. The standard InChI is InChI=1S/C15H20N2O2/c16-7-3-9-18-14-5-1-4-13(10-14)11-17-12-15-6-2-8-19-15/h1-2,4-6,8,10,17H,3,7,9,11-12,16H2. The van der Waals surface area contributed by atoms with Gasteiger partial charge in [0.2, 0.25) is 0 Å². The van der Waals surface area contributed by atoms with Gasteiger partial charge in [0, 0.05) is 6.54 Å². The fraction of sp³-hybridized carbons (Fsp3) is 0.333. The minimum Gasteiger partial charge on any atom is -0.494 e. The molecule has 102 valence electrons. The van der Waals surface area contributed by atoms with E-state index < -0.39 is 0 Å². The zero-order valence-electron chi connectivity index (χ0n) is 11.0. The first-order valence-corrected chi connectivity index (χ1v) is 6.53. The van der Waals surface area contributed by atoms with Crippen molar-refractivity contribution >= 4 is 0 Å². The van der Waals surface area contributed by atoms with E-state index in [0.717, 1.165) is 31.0 Å². The Bertz CT molecular complexity index is 469. The Morgan fingerprint density at radius 1 is 1.16 bits per heavy atom. The number of hydrogen-bond donors (Lipinski definition) is 2. The van der Waals surface area contributed by atoms with Crippen molar-refractivity contribution in [2.45, 2.75) is 19.5 Å². The summed E-state index contributed by atoms with van der Waals surface area (Å²) in [6.45, 7) is 2.84. The van der Waals surface area contributed by atoms with Crippen molar-refractivity contribution in [1.82, 2.24) is 5.32 Å². The number of hydrogen-bond acceptors (Lipinski definition) is 4. The molecule has 0 radical (unpaired) electrons. The first-order valence-electron chi connectivity index (χ1n) is 6.53. The molecular formula is C15H20N2O2. The van der Waals surface area contributed by atoms with Gasteiger partial charge in [-0.3, -0.25) is 0 Å². The average molecular weight is 260 g/mol.